The van der Waals surface area contributed by atoms with Crippen LogP contribution < -0.4 is 11.1 Å². The first-order chi connectivity index (χ1) is 8.26. The lowest BCUT2D eigenvalue weighted by Crippen LogP contribution is -2.49. The summed E-state index contributed by atoms with van der Waals surface area (Å²) in [6, 6.07) is 0. The molecule has 0 aliphatic heterocycles. The lowest BCUT2D eigenvalue weighted by Gasteiger charge is -2.35. The smallest absolute Gasteiger partial charge is 0.224 e. The number of nitrogens with two attached hydrogens (primary N) is 1. The summed E-state index contributed by atoms with van der Waals surface area (Å²) >= 11 is 0. The summed E-state index contributed by atoms with van der Waals surface area (Å²) in [5, 5.41) is 3.17. The summed E-state index contributed by atoms with van der Waals surface area (Å²) < 4.78 is 0. The molecule has 19 heavy (non-hydrogen) atoms. The van der Waals surface area contributed by atoms with Gasteiger partial charge in [-0.15, -0.1) is 0 Å². The minimum absolute atomic E-state index is 0.0895. The number of hydrogen-bond donors (Lipinski definition) is 2. The van der Waals surface area contributed by atoms with E-state index in [9.17, 15) is 4.79 Å². The Labute approximate surface area is 119 Å². The van der Waals surface area contributed by atoms with E-state index in [1.807, 2.05) is 0 Å². The van der Waals surface area contributed by atoms with Gasteiger partial charge in [0.05, 0.1) is 5.92 Å². The van der Waals surface area contributed by atoms with Crippen molar-refractivity contribution in [1.82, 2.24) is 5.32 Å². The van der Waals surface area contributed by atoms with Crippen LogP contribution in [0, 0.1) is 16.7 Å². The van der Waals surface area contributed by atoms with E-state index in [1.54, 1.807) is 0 Å². The summed E-state index contributed by atoms with van der Waals surface area (Å²) in [5.74, 6) is -0.00841. The van der Waals surface area contributed by atoms with Crippen LogP contribution in [0.5, 0.6) is 0 Å². The highest BCUT2D eigenvalue weighted by Crippen LogP contribution is 2.28. The summed E-state index contributed by atoms with van der Waals surface area (Å²) in [4.78, 5) is 12.4. The molecule has 0 saturated heterocycles. The molecule has 0 aromatic carbocycles. The van der Waals surface area contributed by atoms with E-state index >= 15 is 0 Å². The molecule has 0 fully saturated rings. The van der Waals surface area contributed by atoms with Gasteiger partial charge in [0.1, 0.15) is 0 Å². The van der Waals surface area contributed by atoms with Crippen LogP contribution in [-0.2, 0) is 4.79 Å². The minimum atomic E-state index is -0.194. The third kappa shape index (κ3) is 9.04. The zero-order valence-electron chi connectivity index (χ0n) is 14.2. The first-order valence-corrected chi connectivity index (χ1v) is 7.28. The predicted molar refractivity (Wildman–Crippen MR) is 82.9 cm³/mol. The van der Waals surface area contributed by atoms with E-state index in [2.05, 4.69) is 60.7 Å². The molecule has 114 valence electrons. The number of carbonyl (C=O) groups is 1. The Balaban J connectivity index is 4.65. The second-order valence-corrected chi connectivity index (χ2v) is 8.81. The zero-order valence-corrected chi connectivity index (χ0v) is 14.2. The Morgan fingerprint density at radius 1 is 1.00 bits per heavy atom. The maximum Gasteiger partial charge on any atom is 0.224 e. The molecule has 0 spiro atoms. The van der Waals surface area contributed by atoms with Gasteiger partial charge in [-0.05, 0) is 37.5 Å². The summed E-state index contributed by atoms with van der Waals surface area (Å²) in [6.45, 7) is 17.6. The van der Waals surface area contributed by atoms with Crippen molar-refractivity contribution >= 4 is 5.91 Å². The normalized spacial score (nSPS) is 15.2. The van der Waals surface area contributed by atoms with Crippen molar-refractivity contribution in [2.45, 2.75) is 73.8 Å². The second kappa shape index (κ2) is 6.25. The zero-order chi connectivity index (χ0) is 15.5. The van der Waals surface area contributed by atoms with Gasteiger partial charge in [-0.1, -0.05) is 41.5 Å². The maximum absolute atomic E-state index is 12.4. The predicted octanol–water partition coefficient (Wildman–Crippen LogP) is 3.33. The molecule has 3 heteroatoms. The molecule has 3 nitrogen and oxygen atoms in total. The van der Waals surface area contributed by atoms with E-state index in [1.165, 1.54) is 0 Å². The van der Waals surface area contributed by atoms with Crippen molar-refractivity contribution in [1.29, 1.82) is 0 Å². The quantitative estimate of drug-likeness (QED) is 0.805. The Hall–Kier alpha value is -0.570. The fourth-order valence-electron chi connectivity index (χ4n) is 2.83. The van der Waals surface area contributed by atoms with E-state index in [4.69, 9.17) is 5.73 Å². The largest absolute Gasteiger partial charge is 0.351 e. The molecule has 0 radical (unpaired) electrons. The summed E-state index contributed by atoms with van der Waals surface area (Å²) in [5.41, 5.74) is 5.89. The van der Waals surface area contributed by atoms with Crippen molar-refractivity contribution in [3.05, 3.63) is 0 Å². The number of nitrogens with one attached hydrogen (secondary N) is 1. The lowest BCUT2D eigenvalue weighted by atomic mass is 9.80. The molecule has 0 bridgehead atoms. The molecule has 0 aromatic rings. The van der Waals surface area contributed by atoms with Crippen LogP contribution in [0.3, 0.4) is 0 Å². The topological polar surface area (TPSA) is 55.1 Å². The molecule has 1 atom stereocenters. The van der Waals surface area contributed by atoms with Crippen LogP contribution in [0.4, 0.5) is 0 Å². The highest BCUT2D eigenvalue weighted by molar-refractivity contribution is 5.79. The third-order valence-corrected chi connectivity index (χ3v) is 2.95. The fraction of sp³-hybridized carbons (Fsp3) is 0.938. The van der Waals surface area contributed by atoms with Gasteiger partial charge in [-0.2, -0.15) is 0 Å². The molecule has 0 rings (SSSR count). The molecule has 0 aliphatic carbocycles. The van der Waals surface area contributed by atoms with Crippen LogP contribution in [0.2, 0.25) is 0 Å². The van der Waals surface area contributed by atoms with Crippen LogP contribution in [0.15, 0.2) is 0 Å². The maximum atomic E-state index is 12.4. The van der Waals surface area contributed by atoms with Crippen molar-refractivity contribution in [2.24, 2.45) is 22.5 Å². The number of hydrogen-bond acceptors (Lipinski definition) is 2. The van der Waals surface area contributed by atoms with Crippen molar-refractivity contribution in [3.63, 3.8) is 0 Å². The number of amides is 1. The van der Waals surface area contributed by atoms with Gasteiger partial charge < -0.3 is 11.1 Å². The van der Waals surface area contributed by atoms with E-state index in [0.717, 1.165) is 12.8 Å². The average Bonchev–Trinajstić information content (AvgIpc) is 2.07. The van der Waals surface area contributed by atoms with E-state index < -0.39 is 0 Å². The van der Waals surface area contributed by atoms with Gasteiger partial charge >= 0.3 is 0 Å². The van der Waals surface area contributed by atoms with Crippen LogP contribution >= 0.6 is 0 Å². The van der Waals surface area contributed by atoms with Gasteiger partial charge in [0, 0.05) is 12.1 Å². The van der Waals surface area contributed by atoms with Crippen molar-refractivity contribution in [3.8, 4) is 0 Å². The molecule has 3 N–H and O–H groups in total. The first-order valence-electron chi connectivity index (χ1n) is 7.28. The Morgan fingerprint density at radius 2 is 1.47 bits per heavy atom. The van der Waals surface area contributed by atoms with Crippen LogP contribution in [-0.4, -0.2) is 18.0 Å². The molecular formula is C16H34N2O. The monoisotopic (exact) mass is 270 g/mol. The molecular weight excluding hydrogens is 236 g/mol. The van der Waals surface area contributed by atoms with Crippen molar-refractivity contribution in [2.75, 3.05) is 6.54 Å². The second-order valence-electron chi connectivity index (χ2n) is 8.81. The van der Waals surface area contributed by atoms with E-state index in [-0.39, 0.29) is 28.2 Å². The summed E-state index contributed by atoms with van der Waals surface area (Å²) in [7, 11) is 0. The minimum Gasteiger partial charge on any atom is -0.351 e. The van der Waals surface area contributed by atoms with Gasteiger partial charge in [-0.25, -0.2) is 0 Å². The first kappa shape index (κ1) is 18.4. The molecule has 0 saturated carbocycles. The summed E-state index contributed by atoms with van der Waals surface area (Å²) in [6.07, 6.45) is 1.76. The molecule has 0 heterocycles. The lowest BCUT2D eigenvalue weighted by molar-refractivity contribution is -0.127. The van der Waals surface area contributed by atoms with Crippen LogP contribution in [0.25, 0.3) is 0 Å². The molecule has 1 amide bonds. The molecule has 0 aromatic heterocycles. The van der Waals surface area contributed by atoms with Crippen molar-refractivity contribution < 1.29 is 4.79 Å². The Kier molecular flexibility index (Phi) is 6.07. The van der Waals surface area contributed by atoms with Gasteiger partial charge in [0.15, 0.2) is 0 Å². The molecule has 0 aliphatic rings. The van der Waals surface area contributed by atoms with Gasteiger partial charge in [0.25, 0.3) is 0 Å². The fourth-order valence-corrected chi connectivity index (χ4v) is 2.83. The van der Waals surface area contributed by atoms with Gasteiger partial charge in [0.2, 0.25) is 5.91 Å². The Bertz CT molecular complexity index is 295. The standard InChI is InChI=1S/C16H34N2O/c1-14(2,3)9-12(10-17)13(19)18-16(7,8)11-15(4,5)6/h12H,9-11,17H2,1-8H3,(H,18,19). The average molecular weight is 270 g/mol. The number of carbonyl (C=O) groups excluding carboxylic acids is 1. The van der Waals surface area contributed by atoms with Gasteiger partial charge in [-0.3, -0.25) is 4.79 Å². The highest BCUT2D eigenvalue weighted by Gasteiger charge is 2.30. The highest BCUT2D eigenvalue weighted by atomic mass is 16.2. The SMILES string of the molecule is CC(C)(C)CC(CN)C(=O)NC(C)(C)CC(C)(C)C. The number of rotatable bonds is 5. The van der Waals surface area contributed by atoms with E-state index in [0.29, 0.717) is 6.54 Å². The molecule has 1 unspecified atom stereocenters. The third-order valence-electron chi connectivity index (χ3n) is 2.95. The Morgan fingerprint density at radius 3 is 1.79 bits per heavy atom. The van der Waals surface area contributed by atoms with Crippen LogP contribution in [0.1, 0.15) is 68.2 Å².